The summed E-state index contributed by atoms with van der Waals surface area (Å²) in [5.74, 6) is 0. The molecule has 0 spiro atoms. The van der Waals surface area contributed by atoms with E-state index in [2.05, 4.69) is 0 Å². The van der Waals surface area contributed by atoms with E-state index in [1.807, 2.05) is 0 Å². The fraction of sp³-hybridized carbons (Fsp3) is 0. The molecule has 0 heterocycles. The molecule has 0 amide bonds. The molecule has 5 heteroatoms. The van der Waals surface area contributed by atoms with Gasteiger partial charge >= 0.3 is 20.1 Å². The minimum Gasteiger partial charge on any atom is -2.00 e. The Bertz CT molecular complexity index is 7.61. The van der Waals surface area contributed by atoms with Gasteiger partial charge in [-0.2, -0.15) is 0 Å². The second-order valence-corrected chi connectivity index (χ2v) is 0. The average Bonchev–Trinajstić information content (AvgIpc) is 0. The van der Waals surface area contributed by atoms with Crippen LogP contribution in [0.5, 0.6) is 0 Å². The van der Waals surface area contributed by atoms with Crippen LogP contribution in [0.3, 0.4) is 0 Å². The van der Waals surface area contributed by atoms with Gasteiger partial charge in [-0.25, -0.2) is 0 Å². The van der Waals surface area contributed by atoms with Gasteiger partial charge in [0.2, 0.25) is 0 Å². The van der Waals surface area contributed by atoms with Crippen LogP contribution in [0.1, 0.15) is 0 Å². The Labute approximate surface area is 72.3 Å². The number of hydrogen-bond acceptors (Lipinski definition) is 0. The standard InChI is InChI=1S/2Ir.2O.Ti/q;+4;2*-2;. The van der Waals surface area contributed by atoms with Crippen LogP contribution in [-0.2, 0) is 72.9 Å². The maximum Gasteiger partial charge on any atom is 4.00 e. The van der Waals surface area contributed by atoms with Crippen LogP contribution in [-0.4, -0.2) is 0 Å². The van der Waals surface area contributed by atoms with Crippen molar-refractivity contribution in [3.8, 4) is 0 Å². The number of hydrogen-bond donors (Lipinski definition) is 0. The Kier molecular flexibility index (Phi) is 505. The monoisotopic (exact) mass is 466 g/mol. The smallest absolute Gasteiger partial charge is 2.00 e. The van der Waals surface area contributed by atoms with E-state index in [9.17, 15) is 0 Å². The van der Waals surface area contributed by atoms with E-state index in [1.54, 1.807) is 0 Å². The molecule has 0 aliphatic heterocycles. The van der Waals surface area contributed by atoms with Crippen LogP contribution in [0.4, 0.5) is 0 Å². The zero-order valence-corrected chi connectivity index (χ0v) is 8.33. The van der Waals surface area contributed by atoms with Crippen LogP contribution in [0.2, 0.25) is 0 Å². The van der Waals surface area contributed by atoms with Crippen molar-refractivity contribution in [1.29, 1.82) is 0 Å². The van der Waals surface area contributed by atoms with E-state index in [-0.39, 0.29) is 72.9 Å². The molecular weight excluding hydrogens is 464 g/mol. The summed E-state index contributed by atoms with van der Waals surface area (Å²) < 4.78 is 0. The zero-order valence-electron chi connectivity index (χ0n) is 1.98. The van der Waals surface area contributed by atoms with Gasteiger partial charge in [0.25, 0.3) is 0 Å². The van der Waals surface area contributed by atoms with E-state index in [4.69, 9.17) is 0 Å². The second-order valence-electron chi connectivity index (χ2n) is 0. The van der Waals surface area contributed by atoms with Crippen molar-refractivity contribution in [1.82, 2.24) is 0 Å². The van der Waals surface area contributed by atoms with Crippen molar-refractivity contribution >= 4 is 0 Å². The Balaban J connectivity index is 0. The van der Waals surface area contributed by atoms with Gasteiger partial charge in [-0.1, -0.05) is 0 Å². The van der Waals surface area contributed by atoms with E-state index in [0.29, 0.717) is 0 Å². The van der Waals surface area contributed by atoms with Crippen molar-refractivity contribution in [2.75, 3.05) is 0 Å². The molecule has 0 unspecified atom stereocenters. The third-order valence-electron chi connectivity index (χ3n) is 0. The summed E-state index contributed by atoms with van der Waals surface area (Å²) in [6, 6.07) is 0. The molecule has 0 fully saturated rings. The summed E-state index contributed by atoms with van der Waals surface area (Å²) in [5.41, 5.74) is 0. The van der Waals surface area contributed by atoms with Gasteiger partial charge in [-0.05, 0) is 0 Å². The molecule has 2 nitrogen and oxygen atoms in total. The number of rotatable bonds is 0. The molecule has 0 aromatic heterocycles. The first-order chi connectivity index (χ1) is 0. The van der Waals surface area contributed by atoms with Crippen molar-refractivity contribution in [2.45, 2.75) is 0 Å². The van der Waals surface area contributed by atoms with Gasteiger partial charge in [0.05, 0.1) is 0 Å². The topological polar surface area (TPSA) is 57.0 Å². The minimum absolute atomic E-state index is 0. The largest absolute Gasteiger partial charge is 4.00 e. The van der Waals surface area contributed by atoms with Gasteiger partial charge < -0.3 is 11.0 Å². The average molecular weight is 464 g/mol. The van der Waals surface area contributed by atoms with Crippen LogP contribution in [0.15, 0.2) is 0 Å². The summed E-state index contributed by atoms with van der Waals surface area (Å²) in [7, 11) is 0. The van der Waals surface area contributed by atoms with Gasteiger partial charge in [0.1, 0.15) is 0 Å². The van der Waals surface area contributed by atoms with Gasteiger partial charge in [-0.15, -0.1) is 0 Å². The van der Waals surface area contributed by atoms with Gasteiger partial charge in [0, 0.05) is 41.8 Å². The molecule has 0 saturated carbocycles. The van der Waals surface area contributed by atoms with Crippen LogP contribution < -0.4 is 0 Å². The molecule has 0 rings (SSSR count). The van der Waals surface area contributed by atoms with Crippen molar-refractivity contribution in [3.63, 3.8) is 0 Å². The summed E-state index contributed by atoms with van der Waals surface area (Å²) >= 11 is 0. The Morgan fingerprint density at radius 2 is 0.800 bits per heavy atom. The quantitative estimate of drug-likeness (QED) is 0.445. The Morgan fingerprint density at radius 3 is 0.800 bits per heavy atom. The minimum atomic E-state index is 0. The molecule has 0 aromatic rings. The fourth-order valence-electron chi connectivity index (χ4n) is 0. The van der Waals surface area contributed by atoms with Crippen molar-refractivity contribution in [2.24, 2.45) is 0 Å². The summed E-state index contributed by atoms with van der Waals surface area (Å²) in [6.07, 6.45) is 0. The van der Waals surface area contributed by atoms with Crippen molar-refractivity contribution < 1.29 is 72.9 Å². The van der Waals surface area contributed by atoms with Crippen molar-refractivity contribution in [3.05, 3.63) is 0 Å². The Morgan fingerprint density at radius 1 is 0.800 bits per heavy atom. The molecule has 0 aliphatic carbocycles. The van der Waals surface area contributed by atoms with Crippen LogP contribution in [0.25, 0.3) is 0 Å². The predicted octanol–water partition coefficient (Wildman–Crippen LogP) is -0.245. The maximum atomic E-state index is 0. The normalized spacial score (nSPS) is 0. The van der Waals surface area contributed by atoms with Crippen LogP contribution in [0, 0.1) is 0 Å². The molecular formula is Ir2O2Ti. The van der Waals surface area contributed by atoms with E-state index in [1.165, 1.54) is 0 Å². The molecule has 0 bridgehead atoms. The molecule has 34 valence electrons. The Hall–Kier alpha value is 1.93. The molecule has 0 aliphatic rings. The zero-order chi connectivity index (χ0) is 0. The third kappa shape index (κ3) is 24.6. The first-order valence-corrected chi connectivity index (χ1v) is 0. The molecule has 0 aromatic carbocycles. The molecule has 0 atom stereocenters. The molecule has 2 radical (unpaired) electrons. The molecule has 5 heavy (non-hydrogen) atoms. The second kappa shape index (κ2) is 38.6. The summed E-state index contributed by atoms with van der Waals surface area (Å²) in [4.78, 5) is 0. The van der Waals surface area contributed by atoms with Crippen LogP contribution >= 0.6 is 0 Å². The first kappa shape index (κ1) is 65.3. The SMILES string of the molecule is [Ir+4].[Ir].[O-2].[O-2].[Ti]. The van der Waals surface area contributed by atoms with Gasteiger partial charge in [-0.3, -0.25) is 0 Å². The van der Waals surface area contributed by atoms with E-state index in [0.717, 1.165) is 0 Å². The molecule has 0 saturated heterocycles. The third-order valence-corrected chi connectivity index (χ3v) is 0. The first-order valence-electron chi connectivity index (χ1n) is 0. The molecule has 0 N–H and O–H groups in total. The predicted molar refractivity (Wildman–Crippen MR) is 1.37 cm³/mol. The van der Waals surface area contributed by atoms with Gasteiger partial charge in [0.15, 0.2) is 0 Å². The maximum absolute atomic E-state index is 0. The summed E-state index contributed by atoms with van der Waals surface area (Å²) in [5, 5.41) is 0. The summed E-state index contributed by atoms with van der Waals surface area (Å²) in [6.45, 7) is 0. The van der Waals surface area contributed by atoms with E-state index >= 15 is 0 Å². The van der Waals surface area contributed by atoms with E-state index < -0.39 is 0 Å². The fourth-order valence-corrected chi connectivity index (χ4v) is 0.